The number of benzene rings is 2. The van der Waals surface area contributed by atoms with Crippen molar-refractivity contribution in [3.05, 3.63) is 70.8 Å². The number of hydrogen-bond donors (Lipinski definition) is 0. The van der Waals surface area contributed by atoms with E-state index in [4.69, 9.17) is 4.74 Å². The minimum absolute atomic E-state index is 0.0625. The summed E-state index contributed by atoms with van der Waals surface area (Å²) in [5.41, 5.74) is 3.17. The maximum absolute atomic E-state index is 14.9. The molecule has 1 unspecified atom stereocenters. The number of aryl methyl sites for hydroxylation is 1. The summed E-state index contributed by atoms with van der Waals surface area (Å²) in [6.07, 6.45) is 10.8. The molecule has 1 aliphatic rings. The number of alkyl halides is 2. The smallest absolute Gasteiger partial charge is 0.309 e. The Bertz CT molecular complexity index is 820. The van der Waals surface area contributed by atoms with Gasteiger partial charge in [-0.05, 0) is 74.0 Å². The first-order valence-electron chi connectivity index (χ1n) is 13.7. The van der Waals surface area contributed by atoms with E-state index in [2.05, 4.69) is 13.8 Å². The summed E-state index contributed by atoms with van der Waals surface area (Å²) in [6.45, 7) is 6.14. The standard InChI is InChI=1S/C31H44F2O/c1-4-6-8-10-25-12-16-27(17-13-25)24(3)34-31(32,33)30-22-20-29(21-23-30)28-18-14-26(15-19-28)11-9-7-5-2/h12-13,16-17,20-24,26,28H,4-11,14-15,18-19H2,1-3H3. The van der Waals surface area contributed by atoms with E-state index < -0.39 is 12.2 Å². The molecule has 1 fully saturated rings. The van der Waals surface area contributed by atoms with Gasteiger partial charge in [-0.15, -0.1) is 0 Å². The average Bonchev–Trinajstić information content (AvgIpc) is 2.85. The molecule has 2 aromatic rings. The molecule has 3 rings (SSSR count). The number of ether oxygens (including phenoxy) is 1. The third kappa shape index (κ3) is 7.90. The number of halogens is 2. The Labute approximate surface area is 206 Å². The lowest BCUT2D eigenvalue weighted by Gasteiger charge is -2.29. The van der Waals surface area contributed by atoms with Crippen molar-refractivity contribution in [1.29, 1.82) is 0 Å². The van der Waals surface area contributed by atoms with Crippen molar-refractivity contribution < 1.29 is 13.5 Å². The highest BCUT2D eigenvalue weighted by Gasteiger charge is 2.35. The highest BCUT2D eigenvalue weighted by molar-refractivity contribution is 5.28. The molecule has 1 nitrogen and oxygen atoms in total. The van der Waals surface area contributed by atoms with Crippen LogP contribution in [0.5, 0.6) is 0 Å². The molecule has 1 saturated carbocycles. The van der Waals surface area contributed by atoms with Crippen LogP contribution in [-0.2, 0) is 17.3 Å². The van der Waals surface area contributed by atoms with Crippen LogP contribution in [0.15, 0.2) is 48.5 Å². The van der Waals surface area contributed by atoms with Gasteiger partial charge in [-0.25, -0.2) is 0 Å². The molecule has 0 heterocycles. The molecular formula is C31H44F2O. The summed E-state index contributed by atoms with van der Waals surface area (Å²) in [5.74, 6) is 1.35. The highest BCUT2D eigenvalue weighted by atomic mass is 19.3. The van der Waals surface area contributed by atoms with Crippen LogP contribution in [0.25, 0.3) is 0 Å². The Hall–Kier alpha value is -1.74. The molecule has 188 valence electrons. The second-order valence-corrected chi connectivity index (χ2v) is 10.3. The molecule has 0 radical (unpaired) electrons. The van der Waals surface area contributed by atoms with Crippen molar-refractivity contribution in [3.8, 4) is 0 Å². The van der Waals surface area contributed by atoms with Crippen molar-refractivity contribution in [2.24, 2.45) is 5.92 Å². The summed E-state index contributed by atoms with van der Waals surface area (Å²) < 4.78 is 35.1. The van der Waals surface area contributed by atoms with Crippen LogP contribution in [0.1, 0.15) is 126 Å². The van der Waals surface area contributed by atoms with Gasteiger partial charge in [-0.3, -0.25) is 0 Å². The zero-order chi connectivity index (χ0) is 24.4. The van der Waals surface area contributed by atoms with Gasteiger partial charge in [-0.2, -0.15) is 8.78 Å². The molecule has 0 N–H and O–H groups in total. The second-order valence-electron chi connectivity index (χ2n) is 10.3. The van der Waals surface area contributed by atoms with Crippen molar-refractivity contribution in [2.75, 3.05) is 0 Å². The van der Waals surface area contributed by atoms with E-state index in [0.717, 1.165) is 24.3 Å². The highest BCUT2D eigenvalue weighted by Crippen LogP contribution is 2.40. The molecule has 1 aliphatic carbocycles. The van der Waals surface area contributed by atoms with E-state index in [1.165, 1.54) is 75.3 Å². The Balaban J connectivity index is 1.52. The first-order valence-corrected chi connectivity index (χ1v) is 13.7. The van der Waals surface area contributed by atoms with Crippen molar-refractivity contribution in [1.82, 2.24) is 0 Å². The molecule has 3 heteroatoms. The quantitative estimate of drug-likeness (QED) is 0.265. The predicted octanol–water partition coefficient (Wildman–Crippen LogP) is 10.1. The fourth-order valence-corrected chi connectivity index (χ4v) is 5.31. The summed E-state index contributed by atoms with van der Waals surface area (Å²) in [4.78, 5) is 0. The lowest BCUT2D eigenvalue weighted by Crippen LogP contribution is -2.20. The molecule has 0 bridgehead atoms. The maximum Gasteiger partial charge on any atom is 0.383 e. The molecule has 0 aromatic heterocycles. The van der Waals surface area contributed by atoms with E-state index in [-0.39, 0.29) is 5.56 Å². The van der Waals surface area contributed by atoms with Gasteiger partial charge in [0.25, 0.3) is 0 Å². The van der Waals surface area contributed by atoms with Crippen LogP contribution >= 0.6 is 0 Å². The van der Waals surface area contributed by atoms with E-state index in [0.29, 0.717) is 5.92 Å². The Morgan fingerprint density at radius 3 is 2.06 bits per heavy atom. The zero-order valence-electron chi connectivity index (χ0n) is 21.5. The van der Waals surface area contributed by atoms with Crippen LogP contribution < -0.4 is 0 Å². The van der Waals surface area contributed by atoms with Gasteiger partial charge in [0.1, 0.15) is 0 Å². The Kier molecular flexibility index (Phi) is 10.6. The normalized spacial score (nSPS) is 19.8. The predicted molar refractivity (Wildman–Crippen MR) is 138 cm³/mol. The minimum atomic E-state index is -3.31. The molecule has 34 heavy (non-hydrogen) atoms. The number of hydrogen-bond acceptors (Lipinski definition) is 1. The van der Waals surface area contributed by atoms with Crippen LogP contribution in [0.3, 0.4) is 0 Å². The topological polar surface area (TPSA) is 9.23 Å². The Morgan fingerprint density at radius 2 is 1.44 bits per heavy atom. The first kappa shape index (κ1) is 26.9. The van der Waals surface area contributed by atoms with Gasteiger partial charge in [0.05, 0.1) is 11.7 Å². The van der Waals surface area contributed by atoms with Crippen LogP contribution in [0.4, 0.5) is 8.78 Å². The lowest BCUT2D eigenvalue weighted by atomic mass is 9.77. The maximum atomic E-state index is 14.9. The number of rotatable bonds is 13. The first-order chi connectivity index (χ1) is 16.4. The largest absolute Gasteiger partial charge is 0.383 e. The fourth-order valence-electron chi connectivity index (χ4n) is 5.31. The summed E-state index contributed by atoms with van der Waals surface area (Å²) in [7, 11) is 0. The average molecular weight is 471 g/mol. The third-order valence-electron chi connectivity index (χ3n) is 7.62. The molecule has 2 aromatic carbocycles. The van der Waals surface area contributed by atoms with Crippen LogP contribution in [-0.4, -0.2) is 0 Å². The second kappa shape index (κ2) is 13.4. The molecule has 0 spiro atoms. The summed E-state index contributed by atoms with van der Waals surface area (Å²) in [6, 6.07) is 14.8. The molecule has 0 amide bonds. The van der Waals surface area contributed by atoms with Gasteiger partial charge in [0, 0.05) is 0 Å². The summed E-state index contributed by atoms with van der Waals surface area (Å²) in [5, 5.41) is 0. The van der Waals surface area contributed by atoms with Crippen molar-refractivity contribution >= 4 is 0 Å². The fraction of sp³-hybridized carbons (Fsp3) is 0.613. The lowest BCUT2D eigenvalue weighted by molar-refractivity contribution is -0.272. The van der Waals surface area contributed by atoms with E-state index in [1.54, 1.807) is 19.1 Å². The summed E-state index contributed by atoms with van der Waals surface area (Å²) >= 11 is 0. The van der Waals surface area contributed by atoms with E-state index in [9.17, 15) is 8.78 Å². The van der Waals surface area contributed by atoms with Gasteiger partial charge >= 0.3 is 6.11 Å². The monoisotopic (exact) mass is 470 g/mol. The van der Waals surface area contributed by atoms with Gasteiger partial charge < -0.3 is 4.74 Å². The van der Waals surface area contributed by atoms with Gasteiger partial charge in [0.15, 0.2) is 0 Å². The van der Waals surface area contributed by atoms with E-state index >= 15 is 0 Å². The van der Waals surface area contributed by atoms with Gasteiger partial charge in [0.2, 0.25) is 0 Å². The zero-order valence-corrected chi connectivity index (χ0v) is 21.5. The SMILES string of the molecule is CCCCCc1ccc(C(C)OC(F)(F)c2ccc(C3CCC(CCCCC)CC3)cc2)cc1. The minimum Gasteiger partial charge on any atom is -0.309 e. The molecule has 0 aliphatic heterocycles. The molecular weight excluding hydrogens is 426 g/mol. The number of unbranched alkanes of at least 4 members (excludes halogenated alkanes) is 4. The van der Waals surface area contributed by atoms with Crippen LogP contribution in [0, 0.1) is 5.92 Å². The van der Waals surface area contributed by atoms with Crippen molar-refractivity contribution in [3.63, 3.8) is 0 Å². The van der Waals surface area contributed by atoms with Crippen molar-refractivity contribution in [2.45, 2.75) is 116 Å². The molecule has 0 saturated heterocycles. The third-order valence-corrected chi connectivity index (χ3v) is 7.62. The van der Waals surface area contributed by atoms with E-state index in [1.807, 2.05) is 36.4 Å². The Morgan fingerprint density at radius 1 is 0.824 bits per heavy atom. The van der Waals surface area contributed by atoms with Gasteiger partial charge in [-0.1, -0.05) is 101 Å². The van der Waals surface area contributed by atoms with Crippen LogP contribution in [0.2, 0.25) is 0 Å². The molecule has 1 atom stereocenters.